The van der Waals surface area contributed by atoms with Crippen molar-refractivity contribution in [1.82, 2.24) is 0 Å². The van der Waals surface area contributed by atoms with E-state index in [0.717, 1.165) is 15.7 Å². The molecule has 5 heteroatoms. The Balaban J connectivity index is 1.70. The van der Waals surface area contributed by atoms with Crippen molar-refractivity contribution in [1.29, 1.82) is 0 Å². The zero-order valence-corrected chi connectivity index (χ0v) is 13.4. The minimum atomic E-state index is -0.0875. The van der Waals surface area contributed by atoms with Crippen LogP contribution in [0.5, 0.6) is 5.75 Å². The highest BCUT2D eigenvalue weighted by molar-refractivity contribution is 9.10. The molecule has 2 aromatic rings. The van der Waals surface area contributed by atoms with Gasteiger partial charge in [0.2, 0.25) is 5.91 Å². The van der Waals surface area contributed by atoms with E-state index in [9.17, 15) is 9.59 Å². The molecule has 0 radical (unpaired) electrons. The maximum Gasteiger partial charge on any atom is 0.224 e. The molecule has 1 heterocycles. The molecule has 0 unspecified atom stereocenters. The third kappa shape index (κ3) is 3.20. The van der Waals surface area contributed by atoms with Gasteiger partial charge < -0.3 is 10.1 Å². The minimum absolute atomic E-state index is 0.0174. The molecule has 1 aliphatic rings. The largest absolute Gasteiger partial charge is 0.484 e. The first-order valence-corrected chi connectivity index (χ1v) is 7.76. The van der Waals surface area contributed by atoms with Crippen LogP contribution in [0.1, 0.15) is 22.3 Å². The summed E-state index contributed by atoms with van der Waals surface area (Å²) in [4.78, 5) is 23.6. The molecule has 0 saturated carbocycles. The third-order valence-electron chi connectivity index (χ3n) is 3.52. The molecular formula is C17H14BrNO3. The van der Waals surface area contributed by atoms with E-state index in [2.05, 4.69) is 21.2 Å². The Labute approximate surface area is 136 Å². The first-order chi connectivity index (χ1) is 10.6. The van der Waals surface area contributed by atoms with Crippen molar-refractivity contribution in [3.8, 4) is 5.75 Å². The Hall–Kier alpha value is -2.14. The molecule has 0 fully saturated rings. The van der Waals surface area contributed by atoms with E-state index in [1.165, 1.54) is 0 Å². The number of ketones is 1. The number of fused-ring (bicyclic) bond motifs is 1. The molecular weight excluding hydrogens is 346 g/mol. The number of carbonyl (C=O) groups excluding carboxylic acids is 2. The molecule has 3 rings (SSSR count). The summed E-state index contributed by atoms with van der Waals surface area (Å²) in [5, 5.41) is 2.80. The summed E-state index contributed by atoms with van der Waals surface area (Å²) in [5.74, 6) is 0.570. The lowest BCUT2D eigenvalue weighted by atomic mass is 9.99. The maximum atomic E-state index is 12.3. The number of benzene rings is 2. The second-order valence-electron chi connectivity index (χ2n) is 5.06. The summed E-state index contributed by atoms with van der Waals surface area (Å²) in [6, 6.07) is 12.7. The van der Waals surface area contributed by atoms with Crippen LogP contribution in [-0.4, -0.2) is 18.3 Å². The highest BCUT2D eigenvalue weighted by Gasteiger charge is 2.17. The highest BCUT2D eigenvalue weighted by atomic mass is 79.9. The summed E-state index contributed by atoms with van der Waals surface area (Å²) < 4.78 is 6.36. The molecule has 0 aromatic heterocycles. The van der Waals surface area contributed by atoms with Gasteiger partial charge in [0, 0.05) is 17.7 Å². The van der Waals surface area contributed by atoms with E-state index in [-0.39, 0.29) is 18.3 Å². The molecule has 0 spiro atoms. The standard InChI is InChI=1S/C17H14BrNO3/c18-13-3-1-2-4-16(13)22-10-15(20)12-5-7-14-11(9-12)6-8-17(21)19-14/h1-5,7,9H,6,8,10H2,(H,19,21). The fourth-order valence-corrected chi connectivity index (χ4v) is 2.74. The summed E-state index contributed by atoms with van der Waals surface area (Å²) in [6.45, 7) is -0.0201. The average Bonchev–Trinajstić information content (AvgIpc) is 2.53. The van der Waals surface area contributed by atoms with Gasteiger partial charge in [-0.15, -0.1) is 0 Å². The van der Waals surface area contributed by atoms with E-state index < -0.39 is 0 Å². The highest BCUT2D eigenvalue weighted by Crippen LogP contribution is 2.25. The molecule has 1 amide bonds. The molecule has 4 nitrogen and oxygen atoms in total. The zero-order valence-electron chi connectivity index (χ0n) is 11.8. The molecule has 0 saturated heterocycles. The Morgan fingerprint density at radius 2 is 2.00 bits per heavy atom. The quantitative estimate of drug-likeness (QED) is 0.848. The van der Waals surface area contributed by atoms with Crippen LogP contribution >= 0.6 is 15.9 Å². The summed E-state index contributed by atoms with van der Waals surface area (Å²) in [7, 11) is 0. The second-order valence-corrected chi connectivity index (χ2v) is 5.92. The smallest absolute Gasteiger partial charge is 0.224 e. The van der Waals surface area contributed by atoms with Crippen molar-refractivity contribution in [2.45, 2.75) is 12.8 Å². The zero-order chi connectivity index (χ0) is 15.5. The van der Waals surface area contributed by atoms with Crippen LogP contribution in [0.2, 0.25) is 0 Å². The van der Waals surface area contributed by atoms with Crippen LogP contribution in [0.25, 0.3) is 0 Å². The Kier molecular flexibility index (Phi) is 4.24. The molecule has 0 aliphatic carbocycles. The molecule has 112 valence electrons. The Bertz CT molecular complexity index is 742. The Morgan fingerprint density at radius 1 is 1.18 bits per heavy atom. The van der Waals surface area contributed by atoms with Gasteiger partial charge in [-0.1, -0.05) is 12.1 Å². The van der Waals surface area contributed by atoms with Crippen LogP contribution in [0, 0.1) is 0 Å². The normalized spacial score (nSPS) is 13.2. The number of carbonyl (C=O) groups is 2. The van der Waals surface area contributed by atoms with Crippen LogP contribution in [0.15, 0.2) is 46.9 Å². The first-order valence-electron chi connectivity index (χ1n) is 6.97. The summed E-state index contributed by atoms with van der Waals surface area (Å²) >= 11 is 3.38. The van der Waals surface area contributed by atoms with E-state index in [4.69, 9.17) is 4.74 Å². The summed E-state index contributed by atoms with van der Waals surface area (Å²) in [6.07, 6.45) is 1.12. The lowest BCUT2D eigenvalue weighted by Gasteiger charge is -2.17. The third-order valence-corrected chi connectivity index (χ3v) is 4.17. The lowest BCUT2D eigenvalue weighted by Crippen LogP contribution is -2.20. The number of hydrogen-bond acceptors (Lipinski definition) is 3. The average molecular weight is 360 g/mol. The van der Waals surface area contributed by atoms with Crippen LogP contribution in [-0.2, 0) is 11.2 Å². The number of para-hydroxylation sites is 1. The molecule has 22 heavy (non-hydrogen) atoms. The van der Waals surface area contributed by atoms with E-state index in [1.807, 2.05) is 24.3 Å². The van der Waals surface area contributed by atoms with Crippen LogP contribution in [0.3, 0.4) is 0 Å². The van der Waals surface area contributed by atoms with Gasteiger partial charge in [-0.3, -0.25) is 9.59 Å². The van der Waals surface area contributed by atoms with Gasteiger partial charge in [-0.2, -0.15) is 0 Å². The number of ether oxygens (including phenoxy) is 1. The number of amides is 1. The maximum absolute atomic E-state index is 12.3. The van der Waals surface area contributed by atoms with Crippen molar-refractivity contribution in [2.24, 2.45) is 0 Å². The van der Waals surface area contributed by atoms with Gasteiger partial charge in [0.25, 0.3) is 0 Å². The van der Waals surface area contributed by atoms with Crippen LogP contribution < -0.4 is 10.1 Å². The van der Waals surface area contributed by atoms with Gasteiger partial charge in [0.15, 0.2) is 12.4 Å². The number of anilines is 1. The van der Waals surface area contributed by atoms with Crippen molar-refractivity contribution >= 4 is 33.3 Å². The van der Waals surface area contributed by atoms with Gasteiger partial charge in [-0.05, 0) is 58.2 Å². The molecule has 0 atom stereocenters. The predicted octanol–water partition coefficient (Wildman–Crippen LogP) is 3.60. The number of aryl methyl sites for hydroxylation is 1. The molecule has 0 bridgehead atoms. The fraction of sp³-hybridized carbons (Fsp3) is 0.176. The molecule has 2 aromatic carbocycles. The van der Waals surface area contributed by atoms with E-state index in [1.54, 1.807) is 18.2 Å². The van der Waals surface area contributed by atoms with Crippen molar-refractivity contribution < 1.29 is 14.3 Å². The Morgan fingerprint density at radius 3 is 2.82 bits per heavy atom. The van der Waals surface area contributed by atoms with Crippen LogP contribution in [0.4, 0.5) is 5.69 Å². The van der Waals surface area contributed by atoms with E-state index in [0.29, 0.717) is 24.2 Å². The number of halogens is 1. The number of rotatable bonds is 4. The molecule has 1 N–H and O–H groups in total. The summed E-state index contributed by atoms with van der Waals surface area (Å²) in [5.41, 5.74) is 2.38. The lowest BCUT2D eigenvalue weighted by molar-refractivity contribution is -0.116. The van der Waals surface area contributed by atoms with Gasteiger partial charge >= 0.3 is 0 Å². The van der Waals surface area contributed by atoms with Gasteiger partial charge in [0.1, 0.15) is 5.75 Å². The van der Waals surface area contributed by atoms with Crippen molar-refractivity contribution in [3.05, 3.63) is 58.1 Å². The monoisotopic (exact) mass is 359 g/mol. The second kappa shape index (κ2) is 6.32. The van der Waals surface area contributed by atoms with Crippen molar-refractivity contribution in [2.75, 3.05) is 11.9 Å². The number of Topliss-reactive ketones (excluding diaryl/α,β-unsaturated/α-hetero) is 1. The van der Waals surface area contributed by atoms with Gasteiger partial charge in [0.05, 0.1) is 4.47 Å². The number of hydrogen-bond donors (Lipinski definition) is 1. The predicted molar refractivity (Wildman–Crippen MR) is 87.4 cm³/mol. The molecule has 1 aliphatic heterocycles. The fourth-order valence-electron chi connectivity index (χ4n) is 2.35. The van der Waals surface area contributed by atoms with Gasteiger partial charge in [-0.25, -0.2) is 0 Å². The first kappa shape index (κ1) is 14.8. The number of nitrogens with one attached hydrogen (secondary N) is 1. The van der Waals surface area contributed by atoms with Crippen molar-refractivity contribution in [3.63, 3.8) is 0 Å². The van der Waals surface area contributed by atoms with E-state index >= 15 is 0 Å². The topological polar surface area (TPSA) is 55.4 Å². The SMILES string of the molecule is O=C1CCc2cc(C(=O)COc3ccccc3Br)ccc2N1. The minimum Gasteiger partial charge on any atom is -0.484 e.